The number of H-pyrrole nitrogens is 3. The minimum atomic E-state index is 0.130. The molecule has 5 rings (SSSR count). The first-order valence-electron chi connectivity index (χ1n) is 10.1. The third kappa shape index (κ3) is 3.75. The first-order chi connectivity index (χ1) is 14.8. The van der Waals surface area contributed by atoms with Crippen LogP contribution in [0.2, 0.25) is 0 Å². The van der Waals surface area contributed by atoms with Gasteiger partial charge in [-0.15, -0.1) is 0 Å². The molecule has 0 saturated heterocycles. The highest BCUT2D eigenvalue weighted by atomic mass is 127. The normalized spacial score (nSPS) is 13.2. The fourth-order valence-corrected chi connectivity index (χ4v) is 4.53. The lowest BCUT2D eigenvalue weighted by Gasteiger charge is -2.18. The molecule has 2 atom stereocenters. The minimum absolute atomic E-state index is 0.130. The van der Waals surface area contributed by atoms with E-state index in [2.05, 4.69) is 129 Å². The number of halogens is 1. The predicted octanol–water partition coefficient (Wildman–Crippen LogP) is 6.64. The Labute approximate surface area is 189 Å². The molecule has 3 nitrogen and oxygen atoms in total. The highest BCUT2D eigenvalue weighted by Crippen LogP contribution is 2.35. The Hall–Kier alpha value is -2.99. The Morgan fingerprint density at radius 3 is 1.53 bits per heavy atom. The van der Waals surface area contributed by atoms with Gasteiger partial charge in [0.15, 0.2) is 0 Å². The Kier molecular flexibility index (Phi) is 5.32. The van der Waals surface area contributed by atoms with Gasteiger partial charge in [0.2, 0.25) is 0 Å². The maximum absolute atomic E-state index is 3.76. The molecule has 0 amide bonds. The van der Waals surface area contributed by atoms with Crippen molar-refractivity contribution in [3.05, 3.63) is 141 Å². The Bertz CT molecular complexity index is 1190. The Morgan fingerprint density at radius 1 is 0.500 bits per heavy atom. The van der Waals surface area contributed by atoms with Crippen molar-refractivity contribution < 1.29 is 0 Å². The van der Waals surface area contributed by atoms with Crippen LogP contribution < -0.4 is 0 Å². The minimum Gasteiger partial charge on any atom is -0.364 e. The van der Waals surface area contributed by atoms with Crippen molar-refractivity contribution in [3.8, 4) is 0 Å². The molecular weight excluding hydrogens is 481 g/mol. The summed E-state index contributed by atoms with van der Waals surface area (Å²) < 4.78 is 1.24. The smallest absolute Gasteiger partial charge is 0.0641 e. The number of nitrogens with one attached hydrogen (secondary N) is 3. The molecule has 30 heavy (non-hydrogen) atoms. The number of rotatable bonds is 6. The second-order valence-electron chi connectivity index (χ2n) is 7.45. The van der Waals surface area contributed by atoms with E-state index in [0.717, 1.165) is 0 Å². The van der Waals surface area contributed by atoms with Gasteiger partial charge in [-0.05, 0) is 82.2 Å². The van der Waals surface area contributed by atoms with E-state index in [1.54, 1.807) is 0 Å². The summed E-state index contributed by atoms with van der Waals surface area (Å²) in [4.78, 5) is 10.6. The molecule has 0 aliphatic rings. The molecule has 3 aromatic heterocycles. The van der Waals surface area contributed by atoms with Gasteiger partial charge in [-0.1, -0.05) is 42.5 Å². The molecule has 5 aromatic rings. The van der Waals surface area contributed by atoms with Crippen LogP contribution in [0.1, 0.15) is 45.7 Å². The molecule has 3 N–H and O–H groups in total. The topological polar surface area (TPSA) is 47.4 Å². The maximum atomic E-state index is 3.76. The summed E-state index contributed by atoms with van der Waals surface area (Å²) in [6, 6.07) is 32.3. The lowest BCUT2D eigenvalue weighted by Crippen LogP contribution is -2.07. The zero-order valence-corrected chi connectivity index (χ0v) is 18.5. The Balaban J connectivity index is 1.59. The maximum Gasteiger partial charge on any atom is 0.0641 e. The molecule has 0 saturated carbocycles. The largest absolute Gasteiger partial charge is 0.364 e. The molecule has 3 heterocycles. The third-order valence-electron chi connectivity index (χ3n) is 5.56. The van der Waals surface area contributed by atoms with Gasteiger partial charge in [0.05, 0.1) is 11.8 Å². The number of hydrogen-bond donors (Lipinski definition) is 3. The monoisotopic (exact) mass is 503 g/mol. The van der Waals surface area contributed by atoms with Gasteiger partial charge in [0.25, 0.3) is 0 Å². The van der Waals surface area contributed by atoms with Gasteiger partial charge in [0.1, 0.15) is 0 Å². The fourth-order valence-electron chi connectivity index (χ4n) is 4.17. The molecule has 0 radical (unpaired) electrons. The summed E-state index contributed by atoms with van der Waals surface area (Å²) in [6.07, 6.45) is 3.98. The number of benzene rings is 2. The van der Waals surface area contributed by atoms with E-state index in [9.17, 15) is 0 Å². The van der Waals surface area contributed by atoms with Crippen LogP contribution in [0.5, 0.6) is 0 Å². The summed E-state index contributed by atoms with van der Waals surface area (Å²) in [5.41, 5.74) is 7.25. The van der Waals surface area contributed by atoms with Crippen LogP contribution in [0.25, 0.3) is 0 Å². The van der Waals surface area contributed by atoms with Crippen molar-refractivity contribution in [2.75, 3.05) is 0 Å². The molecule has 0 aliphatic heterocycles. The molecular formula is C26H22IN3. The van der Waals surface area contributed by atoms with Gasteiger partial charge < -0.3 is 15.0 Å². The van der Waals surface area contributed by atoms with Gasteiger partial charge in [-0.25, -0.2) is 0 Å². The lowest BCUT2D eigenvalue weighted by atomic mass is 9.92. The number of hydrogen-bond acceptors (Lipinski definition) is 0. The second kappa shape index (κ2) is 8.40. The van der Waals surface area contributed by atoms with Crippen LogP contribution in [0.4, 0.5) is 0 Å². The molecule has 4 heteroatoms. The Morgan fingerprint density at radius 2 is 1.03 bits per heavy atom. The van der Waals surface area contributed by atoms with E-state index in [-0.39, 0.29) is 11.8 Å². The van der Waals surface area contributed by atoms with Crippen molar-refractivity contribution in [1.29, 1.82) is 0 Å². The van der Waals surface area contributed by atoms with Crippen molar-refractivity contribution in [1.82, 2.24) is 15.0 Å². The molecule has 148 valence electrons. The quantitative estimate of drug-likeness (QED) is 0.218. The molecule has 0 fully saturated rings. The highest BCUT2D eigenvalue weighted by molar-refractivity contribution is 14.1. The van der Waals surface area contributed by atoms with Crippen LogP contribution in [0.3, 0.4) is 0 Å². The molecule has 0 aliphatic carbocycles. The highest BCUT2D eigenvalue weighted by Gasteiger charge is 2.23. The van der Waals surface area contributed by atoms with Crippen LogP contribution in [0.15, 0.2) is 103 Å². The molecule has 2 unspecified atom stereocenters. The zero-order valence-electron chi connectivity index (χ0n) is 16.3. The van der Waals surface area contributed by atoms with E-state index in [0.29, 0.717) is 0 Å². The van der Waals surface area contributed by atoms with Gasteiger partial charge >= 0.3 is 0 Å². The molecule has 0 bridgehead atoms. The van der Waals surface area contributed by atoms with E-state index in [1.807, 2.05) is 12.4 Å². The van der Waals surface area contributed by atoms with Crippen molar-refractivity contribution in [3.63, 3.8) is 0 Å². The van der Waals surface area contributed by atoms with E-state index in [1.165, 1.54) is 37.5 Å². The summed E-state index contributed by atoms with van der Waals surface area (Å²) >= 11 is 2.35. The average molecular weight is 503 g/mol. The van der Waals surface area contributed by atoms with E-state index in [4.69, 9.17) is 0 Å². The van der Waals surface area contributed by atoms with Crippen LogP contribution >= 0.6 is 22.6 Å². The number of aromatic amines is 3. The molecule has 0 spiro atoms. The lowest BCUT2D eigenvalue weighted by molar-refractivity contribution is 0.851. The van der Waals surface area contributed by atoms with Gasteiger partial charge in [-0.2, -0.15) is 0 Å². The van der Waals surface area contributed by atoms with Crippen LogP contribution in [-0.2, 0) is 0 Å². The first kappa shape index (κ1) is 19.0. The van der Waals surface area contributed by atoms with Crippen LogP contribution in [-0.4, -0.2) is 15.0 Å². The van der Waals surface area contributed by atoms with Gasteiger partial charge in [-0.3, -0.25) is 0 Å². The summed E-state index contributed by atoms with van der Waals surface area (Å²) in [5.74, 6) is 0.266. The average Bonchev–Trinajstić information content (AvgIpc) is 3.55. The van der Waals surface area contributed by atoms with Crippen molar-refractivity contribution >= 4 is 22.6 Å². The SMILES string of the molecule is Ic1ccc(C(c2ccc[nH]2)c2ccc(C(c3ccccc3)c3ccc[nH]3)[nH]2)cc1. The third-order valence-corrected chi connectivity index (χ3v) is 6.27. The van der Waals surface area contributed by atoms with Crippen molar-refractivity contribution in [2.45, 2.75) is 11.8 Å². The second-order valence-corrected chi connectivity index (χ2v) is 8.69. The van der Waals surface area contributed by atoms with E-state index < -0.39 is 0 Å². The molecule has 2 aromatic carbocycles. The summed E-state index contributed by atoms with van der Waals surface area (Å²) in [6.45, 7) is 0. The zero-order chi connectivity index (χ0) is 20.3. The number of aromatic nitrogens is 3. The summed E-state index contributed by atoms with van der Waals surface area (Å²) in [7, 11) is 0. The van der Waals surface area contributed by atoms with Crippen molar-refractivity contribution in [2.24, 2.45) is 0 Å². The van der Waals surface area contributed by atoms with Gasteiger partial charge in [0, 0.05) is 38.7 Å². The first-order valence-corrected chi connectivity index (χ1v) is 11.1. The fraction of sp³-hybridized carbons (Fsp3) is 0.0769. The van der Waals surface area contributed by atoms with Crippen LogP contribution in [0, 0.1) is 3.57 Å². The van der Waals surface area contributed by atoms with E-state index >= 15 is 0 Å². The standard InChI is InChI=1S/C26H22IN3/c27-20-12-10-19(11-13-20)26(22-9-5-17-29-22)24-15-14-23(30-24)25(21-8-4-16-28-21)18-6-2-1-3-7-18/h1-17,25-26,28-30H. The summed E-state index contributed by atoms with van der Waals surface area (Å²) in [5, 5.41) is 0. The predicted molar refractivity (Wildman–Crippen MR) is 130 cm³/mol.